The number of rotatable bonds is 8. The van der Waals surface area contributed by atoms with Gasteiger partial charge in [-0.3, -0.25) is 4.79 Å². The highest BCUT2D eigenvalue weighted by Crippen LogP contribution is 2.24. The van der Waals surface area contributed by atoms with Crippen LogP contribution in [0.3, 0.4) is 0 Å². The Morgan fingerprint density at radius 3 is 2.70 bits per heavy atom. The second kappa shape index (κ2) is 9.37. The molecule has 0 spiro atoms. The van der Waals surface area contributed by atoms with Crippen molar-refractivity contribution < 1.29 is 14.1 Å². The first-order valence-electron chi connectivity index (χ1n) is 9.67. The van der Waals surface area contributed by atoms with Gasteiger partial charge in [0.25, 0.3) is 0 Å². The van der Waals surface area contributed by atoms with E-state index in [1.54, 1.807) is 11.3 Å². The summed E-state index contributed by atoms with van der Waals surface area (Å²) in [5.41, 5.74) is 2.58. The SMILES string of the molecule is CCOc1ccc(CC(=O)Nc2ccccc2Cc2nc(-c3cccs3)no2)cc1. The van der Waals surface area contributed by atoms with Crippen molar-refractivity contribution in [3.63, 3.8) is 0 Å². The van der Waals surface area contributed by atoms with E-state index in [4.69, 9.17) is 9.26 Å². The molecule has 0 fully saturated rings. The van der Waals surface area contributed by atoms with Crippen molar-refractivity contribution in [3.05, 3.63) is 83.1 Å². The molecule has 0 aliphatic heterocycles. The summed E-state index contributed by atoms with van der Waals surface area (Å²) < 4.78 is 10.8. The van der Waals surface area contributed by atoms with Crippen LogP contribution < -0.4 is 10.1 Å². The highest BCUT2D eigenvalue weighted by molar-refractivity contribution is 7.13. The van der Waals surface area contributed by atoms with Gasteiger partial charge in [0.15, 0.2) is 0 Å². The summed E-state index contributed by atoms with van der Waals surface area (Å²) in [6, 6.07) is 19.1. The van der Waals surface area contributed by atoms with Crippen LogP contribution in [0.15, 0.2) is 70.6 Å². The highest BCUT2D eigenvalue weighted by atomic mass is 32.1. The minimum absolute atomic E-state index is 0.0867. The van der Waals surface area contributed by atoms with Crippen LogP contribution in [0.2, 0.25) is 0 Å². The topological polar surface area (TPSA) is 77.2 Å². The molecule has 4 rings (SSSR count). The number of aromatic nitrogens is 2. The van der Waals surface area contributed by atoms with Crippen LogP contribution in [-0.2, 0) is 17.6 Å². The predicted octanol–water partition coefficient (Wildman–Crippen LogP) is 4.97. The highest BCUT2D eigenvalue weighted by Gasteiger charge is 2.13. The van der Waals surface area contributed by atoms with Crippen molar-refractivity contribution in [2.45, 2.75) is 19.8 Å². The number of carbonyl (C=O) groups excluding carboxylic acids is 1. The molecular formula is C23H21N3O3S. The Kier molecular flexibility index (Phi) is 6.20. The molecule has 0 saturated heterocycles. The lowest BCUT2D eigenvalue weighted by Crippen LogP contribution is -2.15. The molecule has 2 aromatic carbocycles. The maximum Gasteiger partial charge on any atom is 0.231 e. The van der Waals surface area contributed by atoms with Crippen molar-refractivity contribution in [1.82, 2.24) is 10.1 Å². The summed E-state index contributed by atoms with van der Waals surface area (Å²) in [5.74, 6) is 1.80. The fourth-order valence-corrected chi connectivity index (χ4v) is 3.69. The van der Waals surface area contributed by atoms with Crippen LogP contribution in [-0.4, -0.2) is 22.7 Å². The van der Waals surface area contributed by atoms with Gasteiger partial charge >= 0.3 is 0 Å². The largest absolute Gasteiger partial charge is 0.494 e. The summed E-state index contributed by atoms with van der Waals surface area (Å²) >= 11 is 1.56. The molecule has 1 N–H and O–H groups in total. The van der Waals surface area contributed by atoms with E-state index in [1.807, 2.05) is 73.0 Å². The van der Waals surface area contributed by atoms with Gasteiger partial charge in [0, 0.05) is 5.69 Å². The molecule has 7 heteroatoms. The van der Waals surface area contributed by atoms with Gasteiger partial charge in [-0.2, -0.15) is 4.98 Å². The van der Waals surface area contributed by atoms with Crippen LogP contribution in [0.5, 0.6) is 5.75 Å². The van der Waals surface area contributed by atoms with E-state index in [0.29, 0.717) is 24.7 Å². The molecule has 0 aliphatic carbocycles. The van der Waals surface area contributed by atoms with Crippen molar-refractivity contribution in [3.8, 4) is 16.5 Å². The van der Waals surface area contributed by atoms with Crippen LogP contribution in [0.4, 0.5) is 5.69 Å². The first-order valence-corrected chi connectivity index (χ1v) is 10.5. The summed E-state index contributed by atoms with van der Waals surface area (Å²) in [6.07, 6.45) is 0.724. The maximum absolute atomic E-state index is 12.6. The molecule has 0 saturated carbocycles. The van der Waals surface area contributed by atoms with Crippen molar-refractivity contribution in [2.75, 3.05) is 11.9 Å². The molecule has 152 valence electrons. The third kappa shape index (κ3) is 4.93. The van der Waals surface area contributed by atoms with Gasteiger partial charge in [-0.05, 0) is 47.7 Å². The zero-order valence-corrected chi connectivity index (χ0v) is 17.3. The van der Waals surface area contributed by atoms with Crippen LogP contribution in [0, 0.1) is 0 Å². The van der Waals surface area contributed by atoms with Gasteiger partial charge in [0.1, 0.15) is 5.75 Å². The van der Waals surface area contributed by atoms with Gasteiger partial charge in [0.05, 0.1) is 24.3 Å². The summed E-state index contributed by atoms with van der Waals surface area (Å²) in [5, 5.41) is 9.02. The average Bonchev–Trinajstić information content (AvgIpc) is 3.43. The Bertz CT molecular complexity index is 1100. The lowest BCUT2D eigenvalue weighted by molar-refractivity contribution is -0.115. The monoisotopic (exact) mass is 419 g/mol. The Labute approximate surface area is 178 Å². The number of benzene rings is 2. The first kappa shape index (κ1) is 19.8. The van der Waals surface area contributed by atoms with E-state index >= 15 is 0 Å². The number of amides is 1. The Morgan fingerprint density at radius 2 is 1.93 bits per heavy atom. The standard InChI is InChI=1S/C23H21N3O3S/c1-2-28-18-11-9-16(10-12-18)14-21(27)24-19-7-4-3-6-17(19)15-22-25-23(26-29-22)20-8-5-13-30-20/h3-13H,2,14-15H2,1H3,(H,24,27). The van der Waals surface area contributed by atoms with E-state index in [1.165, 1.54) is 0 Å². The number of carbonyl (C=O) groups is 1. The average molecular weight is 420 g/mol. The Morgan fingerprint density at radius 1 is 1.10 bits per heavy atom. The minimum Gasteiger partial charge on any atom is -0.494 e. The fourth-order valence-electron chi connectivity index (χ4n) is 3.04. The number of anilines is 1. The summed E-state index contributed by atoms with van der Waals surface area (Å²) in [4.78, 5) is 18.0. The second-order valence-electron chi connectivity index (χ2n) is 6.62. The molecule has 0 unspecified atom stereocenters. The quantitative estimate of drug-likeness (QED) is 0.436. The number of thiophene rings is 1. The van der Waals surface area contributed by atoms with E-state index in [-0.39, 0.29) is 12.3 Å². The lowest BCUT2D eigenvalue weighted by Gasteiger charge is -2.10. The normalized spacial score (nSPS) is 10.7. The van der Waals surface area contributed by atoms with Crippen molar-refractivity contribution in [2.24, 2.45) is 0 Å². The molecule has 1 amide bonds. The minimum atomic E-state index is -0.0867. The number of nitrogens with one attached hydrogen (secondary N) is 1. The molecular weight excluding hydrogens is 398 g/mol. The zero-order chi connectivity index (χ0) is 20.8. The molecule has 2 heterocycles. The van der Waals surface area contributed by atoms with E-state index in [0.717, 1.165) is 27.4 Å². The molecule has 2 aromatic heterocycles. The summed E-state index contributed by atoms with van der Waals surface area (Å²) in [6.45, 7) is 2.56. The number of ether oxygens (including phenoxy) is 1. The Hall–Kier alpha value is -3.45. The number of para-hydroxylation sites is 1. The van der Waals surface area contributed by atoms with E-state index in [9.17, 15) is 4.79 Å². The fraction of sp³-hybridized carbons (Fsp3) is 0.174. The second-order valence-corrected chi connectivity index (χ2v) is 7.57. The van der Waals surface area contributed by atoms with Crippen molar-refractivity contribution >= 4 is 22.9 Å². The molecule has 0 bridgehead atoms. The third-order valence-electron chi connectivity index (χ3n) is 4.44. The van der Waals surface area contributed by atoms with Gasteiger partial charge in [-0.15, -0.1) is 11.3 Å². The number of hydrogen-bond acceptors (Lipinski definition) is 6. The smallest absolute Gasteiger partial charge is 0.231 e. The zero-order valence-electron chi connectivity index (χ0n) is 16.5. The van der Waals surface area contributed by atoms with Crippen LogP contribution in [0.25, 0.3) is 10.7 Å². The molecule has 0 aliphatic rings. The first-order chi connectivity index (χ1) is 14.7. The molecule has 6 nitrogen and oxygen atoms in total. The third-order valence-corrected chi connectivity index (χ3v) is 5.31. The van der Waals surface area contributed by atoms with Crippen LogP contribution >= 0.6 is 11.3 Å². The van der Waals surface area contributed by atoms with Crippen molar-refractivity contribution in [1.29, 1.82) is 0 Å². The van der Waals surface area contributed by atoms with Gasteiger partial charge < -0.3 is 14.6 Å². The lowest BCUT2D eigenvalue weighted by atomic mass is 10.1. The van der Waals surface area contributed by atoms with Gasteiger partial charge in [0.2, 0.25) is 17.6 Å². The van der Waals surface area contributed by atoms with E-state index < -0.39 is 0 Å². The molecule has 4 aromatic rings. The van der Waals surface area contributed by atoms with Crippen LogP contribution in [0.1, 0.15) is 23.9 Å². The Balaban J connectivity index is 1.42. The van der Waals surface area contributed by atoms with E-state index in [2.05, 4.69) is 15.5 Å². The summed E-state index contributed by atoms with van der Waals surface area (Å²) in [7, 11) is 0. The number of hydrogen-bond donors (Lipinski definition) is 1. The van der Waals surface area contributed by atoms with Gasteiger partial charge in [-0.1, -0.05) is 41.6 Å². The molecule has 0 atom stereocenters. The molecule has 30 heavy (non-hydrogen) atoms. The van der Waals surface area contributed by atoms with Gasteiger partial charge in [-0.25, -0.2) is 0 Å². The number of nitrogens with zero attached hydrogens (tertiary/aromatic N) is 2. The molecule has 0 radical (unpaired) electrons. The predicted molar refractivity (Wildman–Crippen MR) is 117 cm³/mol. The maximum atomic E-state index is 12.6.